The van der Waals surface area contributed by atoms with E-state index in [1.807, 2.05) is 18.2 Å². The van der Waals surface area contributed by atoms with Gasteiger partial charge in [-0.3, -0.25) is 9.69 Å². The lowest BCUT2D eigenvalue weighted by Gasteiger charge is -2.45. The van der Waals surface area contributed by atoms with Gasteiger partial charge < -0.3 is 19.0 Å². The number of hydrogen-bond donors (Lipinski definition) is 0. The maximum absolute atomic E-state index is 12.6. The molecule has 0 spiro atoms. The number of pyridine rings is 2. The van der Waals surface area contributed by atoms with Crippen molar-refractivity contribution in [2.45, 2.75) is 32.5 Å². The number of benzene rings is 1. The molecule has 0 N–H and O–H groups in total. The Bertz CT molecular complexity index is 1270. The third kappa shape index (κ3) is 4.04. The van der Waals surface area contributed by atoms with Crippen molar-refractivity contribution < 1.29 is 4.74 Å². The molecule has 0 amide bonds. The third-order valence-corrected chi connectivity index (χ3v) is 6.49. The Kier molecular flexibility index (Phi) is 6.09. The first-order valence-electron chi connectivity index (χ1n) is 10.5. The normalized spacial score (nSPS) is 19.2. The molecule has 1 aliphatic rings. The predicted molar refractivity (Wildman–Crippen MR) is 128 cm³/mol. The number of aromatic nitrogens is 2. The lowest BCUT2D eigenvalue weighted by molar-refractivity contribution is 0.158. The van der Waals surface area contributed by atoms with Crippen LogP contribution in [0.25, 0.3) is 15.9 Å². The number of hydrogen-bond acceptors (Lipinski definition) is 5. The number of piperazine rings is 1. The Balaban J connectivity index is 1.63. The molecule has 0 unspecified atom stereocenters. The summed E-state index contributed by atoms with van der Waals surface area (Å²) in [6.45, 7) is 14.0. The minimum absolute atomic E-state index is 0.0833. The van der Waals surface area contributed by atoms with Gasteiger partial charge in [0.25, 0.3) is 11.4 Å². The summed E-state index contributed by atoms with van der Waals surface area (Å²) in [6, 6.07) is 11.4. The highest BCUT2D eigenvalue weighted by Crippen LogP contribution is 2.31. The van der Waals surface area contributed by atoms with Crippen molar-refractivity contribution in [2.24, 2.45) is 7.05 Å². The van der Waals surface area contributed by atoms with Crippen LogP contribution in [0.3, 0.4) is 0 Å². The van der Waals surface area contributed by atoms with Crippen molar-refractivity contribution in [3.63, 3.8) is 0 Å². The molecule has 7 nitrogen and oxygen atoms in total. The van der Waals surface area contributed by atoms with Gasteiger partial charge in [-0.15, -0.1) is 4.98 Å². The van der Waals surface area contributed by atoms with Crippen LogP contribution in [0.15, 0.2) is 41.2 Å². The minimum Gasteiger partial charge on any atom is -0.495 e. The first-order valence-corrected chi connectivity index (χ1v) is 10.9. The van der Waals surface area contributed by atoms with Crippen molar-refractivity contribution in [1.29, 1.82) is 0 Å². The highest BCUT2D eigenvalue weighted by Gasteiger charge is 2.31. The van der Waals surface area contributed by atoms with Gasteiger partial charge in [0.05, 0.1) is 23.3 Å². The van der Waals surface area contributed by atoms with Gasteiger partial charge >= 0.3 is 0 Å². The molecule has 166 valence electrons. The number of rotatable bonds is 4. The van der Waals surface area contributed by atoms with Gasteiger partial charge in [0.1, 0.15) is 5.75 Å². The summed E-state index contributed by atoms with van der Waals surface area (Å²) < 4.78 is 6.84. The number of nitrogens with zero attached hydrogens (tertiary/aromatic N) is 5. The summed E-state index contributed by atoms with van der Waals surface area (Å²) in [5.74, 6) is 0.999. The van der Waals surface area contributed by atoms with E-state index in [-0.39, 0.29) is 17.6 Å². The van der Waals surface area contributed by atoms with Gasteiger partial charge in [-0.2, -0.15) is 0 Å². The zero-order valence-corrected chi connectivity index (χ0v) is 19.4. The van der Waals surface area contributed by atoms with Gasteiger partial charge in [0, 0.05) is 44.8 Å². The molecule has 3 aromatic rings. The average Bonchev–Trinajstić information content (AvgIpc) is 2.78. The second-order valence-corrected chi connectivity index (χ2v) is 8.73. The molecule has 4 rings (SSSR count). The summed E-state index contributed by atoms with van der Waals surface area (Å²) in [7, 11) is 3.35. The Morgan fingerprint density at radius 1 is 1.19 bits per heavy atom. The Labute approximate surface area is 192 Å². The zero-order valence-electron chi connectivity index (χ0n) is 18.7. The van der Waals surface area contributed by atoms with Crippen LogP contribution in [0.4, 0.5) is 11.5 Å². The molecule has 2 atom stereocenters. The molecule has 0 bridgehead atoms. The standard InChI is InChI=1S/C24H26ClN5O2/c1-15-13-30(16(2)12-29(15)14-17-6-8-21(32-5)18(25)10-17)20-11-23(31)28(4)19-7-9-22(26-3)27-24(19)20/h6-11,15-16H,12-14H2,1-2,4-5H3/t15-,16+/m1/s1. The lowest BCUT2D eigenvalue weighted by atomic mass is 10.0. The first kappa shape index (κ1) is 22.1. The highest BCUT2D eigenvalue weighted by atomic mass is 35.5. The van der Waals surface area contributed by atoms with Gasteiger partial charge in [-0.25, -0.2) is 0 Å². The summed E-state index contributed by atoms with van der Waals surface area (Å²) in [4.78, 5) is 25.3. The van der Waals surface area contributed by atoms with Gasteiger partial charge in [-0.1, -0.05) is 24.2 Å². The van der Waals surface area contributed by atoms with Crippen LogP contribution in [0, 0.1) is 6.57 Å². The Hall–Kier alpha value is -3.08. The maximum atomic E-state index is 12.6. The molecule has 2 aromatic heterocycles. The number of ether oxygens (including phenoxy) is 1. The fourth-order valence-electron chi connectivity index (χ4n) is 4.38. The second-order valence-electron chi connectivity index (χ2n) is 8.32. The average molecular weight is 452 g/mol. The van der Waals surface area contributed by atoms with E-state index in [1.54, 1.807) is 36.9 Å². The molecule has 1 saturated heterocycles. The van der Waals surface area contributed by atoms with Crippen LogP contribution in [0.2, 0.25) is 5.02 Å². The van der Waals surface area contributed by atoms with E-state index in [4.69, 9.17) is 22.9 Å². The number of anilines is 1. The molecule has 1 aliphatic heterocycles. The molecular weight excluding hydrogens is 426 g/mol. The number of fused-ring (bicyclic) bond motifs is 1. The van der Waals surface area contributed by atoms with E-state index >= 15 is 0 Å². The lowest BCUT2D eigenvalue weighted by Crippen LogP contribution is -2.56. The molecule has 0 aliphatic carbocycles. The van der Waals surface area contributed by atoms with Crippen LogP contribution < -0.4 is 15.2 Å². The molecular formula is C24H26ClN5O2. The van der Waals surface area contributed by atoms with Crippen LogP contribution in [0.1, 0.15) is 19.4 Å². The van der Waals surface area contributed by atoms with Crippen LogP contribution in [-0.4, -0.2) is 46.7 Å². The van der Waals surface area contributed by atoms with Crippen molar-refractivity contribution in [1.82, 2.24) is 14.5 Å². The SMILES string of the molecule is [C-]#[N+]c1ccc2c(n1)c(N1C[C@@H](C)N(Cc3ccc(OC)c(Cl)c3)C[C@@H]1C)cc(=O)n2C. The molecule has 0 saturated carbocycles. The summed E-state index contributed by atoms with van der Waals surface area (Å²) in [5.41, 5.74) is 3.26. The number of aryl methyl sites for hydroxylation is 1. The zero-order chi connectivity index (χ0) is 23.0. The van der Waals surface area contributed by atoms with E-state index in [2.05, 4.69) is 33.5 Å². The summed E-state index contributed by atoms with van der Waals surface area (Å²) >= 11 is 6.31. The van der Waals surface area contributed by atoms with E-state index in [0.29, 0.717) is 22.1 Å². The topological polar surface area (TPSA) is 55.0 Å². The highest BCUT2D eigenvalue weighted by molar-refractivity contribution is 6.32. The van der Waals surface area contributed by atoms with Crippen LogP contribution >= 0.6 is 11.6 Å². The largest absolute Gasteiger partial charge is 0.495 e. The van der Waals surface area contributed by atoms with E-state index in [9.17, 15) is 4.79 Å². The Morgan fingerprint density at radius 2 is 1.97 bits per heavy atom. The molecule has 0 radical (unpaired) electrons. The van der Waals surface area contributed by atoms with E-state index < -0.39 is 0 Å². The second kappa shape index (κ2) is 8.81. The van der Waals surface area contributed by atoms with Crippen molar-refractivity contribution in [2.75, 3.05) is 25.1 Å². The molecule has 3 heterocycles. The molecule has 1 fully saturated rings. The molecule has 8 heteroatoms. The quantitative estimate of drug-likeness (QED) is 0.555. The van der Waals surface area contributed by atoms with E-state index in [1.165, 1.54) is 0 Å². The van der Waals surface area contributed by atoms with Gasteiger partial charge in [0.15, 0.2) is 0 Å². The fourth-order valence-corrected chi connectivity index (χ4v) is 4.66. The maximum Gasteiger partial charge on any atom is 0.270 e. The predicted octanol–water partition coefficient (Wildman–Crippen LogP) is 4.25. The first-order chi connectivity index (χ1) is 15.3. The summed E-state index contributed by atoms with van der Waals surface area (Å²) in [5, 5.41) is 0.609. The van der Waals surface area contributed by atoms with Gasteiger partial charge in [-0.05, 0) is 43.7 Å². The molecule has 1 aromatic carbocycles. The fraction of sp³-hybridized carbons (Fsp3) is 0.375. The monoisotopic (exact) mass is 451 g/mol. The van der Waals surface area contributed by atoms with Crippen LogP contribution in [0.5, 0.6) is 5.75 Å². The summed E-state index contributed by atoms with van der Waals surface area (Å²) in [6.07, 6.45) is 0. The third-order valence-electron chi connectivity index (χ3n) is 6.19. The number of halogens is 1. The Morgan fingerprint density at radius 3 is 2.66 bits per heavy atom. The van der Waals surface area contributed by atoms with Crippen LogP contribution in [-0.2, 0) is 13.6 Å². The van der Waals surface area contributed by atoms with E-state index in [0.717, 1.165) is 36.4 Å². The van der Waals surface area contributed by atoms with Crippen molar-refractivity contribution in [3.8, 4) is 5.75 Å². The van der Waals surface area contributed by atoms with Crippen molar-refractivity contribution in [3.05, 3.63) is 68.8 Å². The number of methoxy groups -OCH3 is 1. The van der Waals surface area contributed by atoms with Gasteiger partial charge in [0.2, 0.25) is 5.52 Å². The smallest absolute Gasteiger partial charge is 0.270 e. The molecule has 32 heavy (non-hydrogen) atoms. The minimum atomic E-state index is -0.0833. The van der Waals surface area contributed by atoms with Crippen molar-refractivity contribution >= 4 is 34.1 Å².